The van der Waals surface area contributed by atoms with Crippen LogP contribution in [0, 0.1) is 12.7 Å². The third kappa shape index (κ3) is 3.48. The van der Waals surface area contributed by atoms with Gasteiger partial charge in [-0.05, 0) is 43.3 Å². The van der Waals surface area contributed by atoms with Crippen molar-refractivity contribution in [2.45, 2.75) is 19.6 Å². The fraction of sp³-hybridized carbons (Fsp3) is 0.200. The molecule has 0 fully saturated rings. The molecule has 138 valence electrons. The number of nitrogens with zero attached hydrogens (tertiary/aromatic N) is 1. The summed E-state index contributed by atoms with van der Waals surface area (Å²) in [5.41, 5.74) is 1.90. The number of hydrogen-bond acceptors (Lipinski definition) is 6. The van der Waals surface area contributed by atoms with Crippen molar-refractivity contribution in [1.29, 1.82) is 0 Å². The zero-order valence-electron chi connectivity index (χ0n) is 14.5. The number of ether oxygens (including phenoxy) is 3. The summed E-state index contributed by atoms with van der Waals surface area (Å²) < 4.78 is 34.8. The highest BCUT2D eigenvalue weighted by atomic mass is 19.1. The summed E-state index contributed by atoms with van der Waals surface area (Å²) in [6, 6.07) is 13.0. The first kappa shape index (κ1) is 17.1. The van der Waals surface area contributed by atoms with E-state index in [1.807, 2.05) is 6.07 Å². The van der Waals surface area contributed by atoms with E-state index in [9.17, 15) is 9.18 Å². The lowest BCUT2D eigenvalue weighted by Crippen LogP contribution is -2.37. The Kier molecular flexibility index (Phi) is 4.50. The molecule has 0 N–H and O–H groups in total. The Labute approximate surface area is 154 Å². The summed E-state index contributed by atoms with van der Waals surface area (Å²) in [6.45, 7) is 1.82. The van der Waals surface area contributed by atoms with Crippen molar-refractivity contribution in [3.8, 4) is 22.8 Å². The first-order valence-corrected chi connectivity index (χ1v) is 8.38. The van der Waals surface area contributed by atoms with Gasteiger partial charge in [0.05, 0.1) is 0 Å². The van der Waals surface area contributed by atoms with Gasteiger partial charge in [0.15, 0.2) is 17.3 Å². The minimum absolute atomic E-state index is 0.0587. The van der Waals surface area contributed by atoms with Crippen molar-refractivity contribution in [1.82, 2.24) is 5.16 Å². The maximum atomic E-state index is 13.1. The molecular formula is C20H16FNO5. The minimum Gasteiger partial charge on any atom is -0.485 e. The Morgan fingerprint density at radius 3 is 2.70 bits per heavy atom. The van der Waals surface area contributed by atoms with Crippen LogP contribution in [0.4, 0.5) is 4.39 Å². The van der Waals surface area contributed by atoms with Gasteiger partial charge < -0.3 is 18.7 Å². The third-order valence-corrected chi connectivity index (χ3v) is 4.25. The van der Waals surface area contributed by atoms with Gasteiger partial charge in [-0.25, -0.2) is 9.18 Å². The van der Waals surface area contributed by atoms with E-state index < -0.39 is 12.1 Å². The maximum absolute atomic E-state index is 13.1. The molecule has 1 aromatic heterocycles. The predicted molar refractivity (Wildman–Crippen MR) is 92.8 cm³/mol. The topological polar surface area (TPSA) is 70.8 Å². The van der Waals surface area contributed by atoms with E-state index in [1.165, 1.54) is 12.1 Å². The second-order valence-corrected chi connectivity index (χ2v) is 6.06. The number of benzene rings is 2. The lowest BCUT2D eigenvalue weighted by molar-refractivity contribution is -0.156. The molecular weight excluding hydrogens is 353 g/mol. The van der Waals surface area contributed by atoms with Crippen LogP contribution in [-0.2, 0) is 16.1 Å². The van der Waals surface area contributed by atoms with Crippen LogP contribution in [0.2, 0.25) is 0 Å². The number of hydrogen-bond donors (Lipinski definition) is 0. The maximum Gasteiger partial charge on any atom is 0.351 e. The second-order valence-electron chi connectivity index (χ2n) is 6.06. The Morgan fingerprint density at radius 1 is 1.19 bits per heavy atom. The molecule has 7 heteroatoms. The van der Waals surface area contributed by atoms with E-state index in [0.29, 0.717) is 28.5 Å². The number of halogens is 1. The zero-order chi connectivity index (χ0) is 18.8. The molecule has 0 radical (unpaired) electrons. The van der Waals surface area contributed by atoms with E-state index in [0.717, 1.165) is 5.56 Å². The molecule has 1 atom stereocenters. The van der Waals surface area contributed by atoms with Crippen LogP contribution >= 0.6 is 0 Å². The van der Waals surface area contributed by atoms with E-state index in [1.54, 1.807) is 37.3 Å². The highest BCUT2D eigenvalue weighted by Gasteiger charge is 2.29. The lowest BCUT2D eigenvalue weighted by Gasteiger charge is -2.24. The van der Waals surface area contributed by atoms with Gasteiger partial charge in [-0.1, -0.05) is 17.3 Å². The van der Waals surface area contributed by atoms with Crippen LogP contribution < -0.4 is 9.47 Å². The quantitative estimate of drug-likeness (QED) is 0.654. The molecule has 2 heterocycles. The summed E-state index contributed by atoms with van der Waals surface area (Å²) in [5.74, 6) is 0.726. The number of para-hydroxylation sites is 2. The van der Waals surface area contributed by atoms with E-state index >= 15 is 0 Å². The molecule has 0 unspecified atom stereocenters. The minimum atomic E-state index is -0.844. The molecule has 27 heavy (non-hydrogen) atoms. The molecule has 3 aromatic rings. The van der Waals surface area contributed by atoms with E-state index in [2.05, 4.69) is 5.16 Å². The fourth-order valence-corrected chi connectivity index (χ4v) is 2.74. The van der Waals surface area contributed by atoms with Crippen molar-refractivity contribution < 1.29 is 27.9 Å². The summed E-state index contributed by atoms with van der Waals surface area (Å²) in [5, 5.41) is 3.95. The zero-order valence-corrected chi connectivity index (χ0v) is 14.5. The van der Waals surface area contributed by atoms with E-state index in [4.69, 9.17) is 18.7 Å². The first-order valence-electron chi connectivity index (χ1n) is 8.38. The van der Waals surface area contributed by atoms with Gasteiger partial charge in [0.1, 0.15) is 24.7 Å². The van der Waals surface area contributed by atoms with Crippen LogP contribution in [0.15, 0.2) is 53.1 Å². The number of esters is 1. The van der Waals surface area contributed by atoms with Crippen molar-refractivity contribution in [3.63, 3.8) is 0 Å². The highest BCUT2D eigenvalue weighted by Crippen LogP contribution is 2.31. The molecule has 0 amide bonds. The van der Waals surface area contributed by atoms with Crippen LogP contribution in [0.3, 0.4) is 0 Å². The first-order chi connectivity index (χ1) is 13.1. The Morgan fingerprint density at radius 2 is 1.93 bits per heavy atom. The monoisotopic (exact) mass is 369 g/mol. The van der Waals surface area contributed by atoms with Crippen molar-refractivity contribution in [3.05, 3.63) is 65.6 Å². The lowest BCUT2D eigenvalue weighted by atomic mass is 10.1. The van der Waals surface area contributed by atoms with E-state index in [-0.39, 0.29) is 19.0 Å². The van der Waals surface area contributed by atoms with Crippen molar-refractivity contribution in [2.24, 2.45) is 0 Å². The molecule has 0 saturated carbocycles. The number of carbonyl (C=O) groups is 1. The molecule has 2 aromatic carbocycles. The van der Waals surface area contributed by atoms with Gasteiger partial charge in [-0.2, -0.15) is 0 Å². The Balaban J connectivity index is 1.41. The molecule has 0 saturated heterocycles. The molecule has 0 spiro atoms. The van der Waals surface area contributed by atoms with Crippen molar-refractivity contribution in [2.75, 3.05) is 6.61 Å². The number of fused-ring (bicyclic) bond motifs is 1. The largest absolute Gasteiger partial charge is 0.485 e. The number of rotatable bonds is 4. The summed E-state index contributed by atoms with van der Waals surface area (Å²) in [6.07, 6.45) is -0.844. The molecule has 0 bridgehead atoms. The summed E-state index contributed by atoms with van der Waals surface area (Å²) in [4.78, 5) is 12.3. The van der Waals surface area contributed by atoms with Crippen LogP contribution in [-0.4, -0.2) is 23.8 Å². The molecule has 4 rings (SSSR count). The van der Waals surface area contributed by atoms with Crippen LogP contribution in [0.1, 0.15) is 11.3 Å². The molecule has 1 aliphatic heterocycles. The predicted octanol–water partition coefficient (Wildman–Crippen LogP) is 3.67. The van der Waals surface area contributed by atoms with Gasteiger partial charge in [-0.15, -0.1) is 0 Å². The van der Waals surface area contributed by atoms with Gasteiger partial charge in [-0.3, -0.25) is 0 Å². The van der Waals surface area contributed by atoms with Gasteiger partial charge in [0.25, 0.3) is 0 Å². The Hall–Kier alpha value is -3.35. The smallest absolute Gasteiger partial charge is 0.351 e. The average Bonchev–Trinajstić information content (AvgIpc) is 3.07. The molecule has 6 nitrogen and oxygen atoms in total. The molecule has 1 aliphatic rings. The van der Waals surface area contributed by atoms with Gasteiger partial charge in [0.2, 0.25) is 6.10 Å². The van der Waals surface area contributed by atoms with Crippen molar-refractivity contribution >= 4 is 5.97 Å². The molecule has 0 aliphatic carbocycles. The average molecular weight is 369 g/mol. The van der Waals surface area contributed by atoms with Gasteiger partial charge in [0, 0.05) is 11.1 Å². The SMILES string of the molecule is Cc1c(COC(=O)[C@H]2COc3ccccc3O2)noc1-c1ccc(F)cc1. The summed E-state index contributed by atoms with van der Waals surface area (Å²) >= 11 is 0. The standard InChI is InChI=1S/C20H16FNO5/c1-12-15(22-27-19(12)13-6-8-14(21)9-7-13)10-25-20(23)18-11-24-16-4-2-3-5-17(16)26-18/h2-9,18H,10-11H2,1H3/t18-/m1/s1. The third-order valence-electron chi connectivity index (χ3n) is 4.25. The van der Waals surface area contributed by atoms with Gasteiger partial charge >= 0.3 is 5.97 Å². The summed E-state index contributed by atoms with van der Waals surface area (Å²) in [7, 11) is 0. The highest BCUT2D eigenvalue weighted by molar-refractivity contribution is 5.76. The second kappa shape index (κ2) is 7.11. The normalized spacial score (nSPS) is 15.4. The number of carbonyl (C=O) groups excluding carboxylic acids is 1. The fourth-order valence-electron chi connectivity index (χ4n) is 2.74. The Bertz CT molecular complexity index is 967. The van der Waals surface area contributed by atoms with Crippen LogP contribution in [0.5, 0.6) is 11.5 Å². The number of aromatic nitrogens is 1. The van der Waals surface area contributed by atoms with Crippen LogP contribution in [0.25, 0.3) is 11.3 Å².